The summed E-state index contributed by atoms with van der Waals surface area (Å²) in [7, 11) is 2.32. The molecule has 0 aromatic heterocycles. The molecule has 0 amide bonds. The predicted octanol–water partition coefficient (Wildman–Crippen LogP) is 1.96. The Labute approximate surface area is 98.2 Å². The molecule has 2 aliphatic rings. The second-order valence-electron chi connectivity index (χ2n) is 4.96. The van der Waals surface area contributed by atoms with E-state index in [1.54, 1.807) is 0 Å². The van der Waals surface area contributed by atoms with Gasteiger partial charge in [0.1, 0.15) is 0 Å². The summed E-state index contributed by atoms with van der Waals surface area (Å²) in [5, 5.41) is 3.63. The summed E-state index contributed by atoms with van der Waals surface area (Å²) in [6.07, 6.45) is 7.21. The van der Waals surface area contributed by atoms with Crippen LogP contribution in [0.3, 0.4) is 0 Å². The van der Waals surface area contributed by atoms with Gasteiger partial charge in [-0.15, -0.1) is 0 Å². The van der Waals surface area contributed by atoms with Crippen molar-refractivity contribution in [2.45, 2.75) is 44.2 Å². The third kappa shape index (κ3) is 3.65. The van der Waals surface area contributed by atoms with E-state index in [1.807, 2.05) is 0 Å². The third-order valence-corrected chi connectivity index (χ3v) is 4.84. The zero-order valence-corrected chi connectivity index (χ0v) is 10.7. The zero-order valence-electron chi connectivity index (χ0n) is 9.87. The Hall–Kier alpha value is 0.270. The maximum atomic E-state index is 3.63. The van der Waals surface area contributed by atoms with Crippen LogP contribution in [0.4, 0.5) is 0 Å². The first-order valence-electron chi connectivity index (χ1n) is 6.37. The molecule has 0 bridgehead atoms. The standard InChI is InChI=1S/C12H24N2S/c1-14(12-5-3-2-4-6-12)9-11-10-15-8-7-13-11/h11-13H,2-10H2,1H3. The van der Waals surface area contributed by atoms with Gasteiger partial charge in [-0.1, -0.05) is 19.3 Å². The van der Waals surface area contributed by atoms with Crippen molar-refractivity contribution in [2.75, 3.05) is 31.6 Å². The van der Waals surface area contributed by atoms with E-state index in [0.717, 1.165) is 12.1 Å². The molecule has 1 N–H and O–H groups in total. The molecule has 2 nitrogen and oxygen atoms in total. The zero-order chi connectivity index (χ0) is 10.5. The number of hydrogen-bond acceptors (Lipinski definition) is 3. The Kier molecular flexibility index (Phi) is 4.79. The first-order valence-corrected chi connectivity index (χ1v) is 7.53. The van der Waals surface area contributed by atoms with E-state index in [2.05, 4.69) is 29.0 Å². The fourth-order valence-corrected chi connectivity index (χ4v) is 3.69. The Bertz CT molecular complexity index is 174. The van der Waals surface area contributed by atoms with Crippen LogP contribution in [0.2, 0.25) is 0 Å². The highest BCUT2D eigenvalue weighted by molar-refractivity contribution is 7.99. The van der Waals surface area contributed by atoms with Crippen LogP contribution in [0.15, 0.2) is 0 Å². The summed E-state index contributed by atoms with van der Waals surface area (Å²) in [6, 6.07) is 1.60. The second-order valence-corrected chi connectivity index (χ2v) is 6.11. The van der Waals surface area contributed by atoms with Crippen LogP contribution in [-0.2, 0) is 0 Å². The third-order valence-electron chi connectivity index (χ3n) is 3.70. The van der Waals surface area contributed by atoms with Crippen molar-refractivity contribution in [3.8, 4) is 0 Å². The van der Waals surface area contributed by atoms with E-state index in [0.29, 0.717) is 0 Å². The molecule has 1 aliphatic heterocycles. The van der Waals surface area contributed by atoms with Crippen molar-refractivity contribution in [1.29, 1.82) is 0 Å². The summed E-state index contributed by atoms with van der Waals surface area (Å²) in [4.78, 5) is 2.60. The lowest BCUT2D eigenvalue weighted by Crippen LogP contribution is -2.47. The van der Waals surface area contributed by atoms with Gasteiger partial charge in [-0.2, -0.15) is 11.8 Å². The van der Waals surface area contributed by atoms with Crippen molar-refractivity contribution < 1.29 is 0 Å². The lowest BCUT2D eigenvalue weighted by molar-refractivity contribution is 0.178. The van der Waals surface area contributed by atoms with Crippen LogP contribution in [0.5, 0.6) is 0 Å². The van der Waals surface area contributed by atoms with Gasteiger partial charge in [0.25, 0.3) is 0 Å². The molecule has 0 aromatic carbocycles. The molecule has 3 heteroatoms. The maximum Gasteiger partial charge on any atom is 0.0285 e. The molecule has 0 aromatic rings. The summed E-state index contributed by atoms with van der Waals surface area (Å²) >= 11 is 2.10. The highest BCUT2D eigenvalue weighted by Gasteiger charge is 2.21. The summed E-state index contributed by atoms with van der Waals surface area (Å²) in [5.41, 5.74) is 0. The van der Waals surface area contributed by atoms with Crippen LogP contribution >= 0.6 is 11.8 Å². The molecule has 88 valence electrons. The van der Waals surface area contributed by atoms with Gasteiger partial charge in [-0.25, -0.2) is 0 Å². The highest BCUT2D eigenvalue weighted by atomic mass is 32.2. The monoisotopic (exact) mass is 228 g/mol. The van der Waals surface area contributed by atoms with Gasteiger partial charge in [0, 0.05) is 36.7 Å². The topological polar surface area (TPSA) is 15.3 Å². The SMILES string of the molecule is CN(CC1CSCCN1)C1CCCCC1. The molecule has 2 rings (SSSR count). The molecule has 1 atom stereocenters. The van der Waals surface area contributed by atoms with Gasteiger partial charge in [-0.05, 0) is 19.9 Å². The fraction of sp³-hybridized carbons (Fsp3) is 1.00. The van der Waals surface area contributed by atoms with Crippen molar-refractivity contribution >= 4 is 11.8 Å². The van der Waals surface area contributed by atoms with E-state index in [4.69, 9.17) is 0 Å². The quantitative estimate of drug-likeness (QED) is 0.795. The minimum absolute atomic E-state index is 0.732. The first-order chi connectivity index (χ1) is 7.36. The number of hydrogen-bond donors (Lipinski definition) is 1. The van der Waals surface area contributed by atoms with E-state index in [-0.39, 0.29) is 0 Å². The number of nitrogens with zero attached hydrogens (tertiary/aromatic N) is 1. The van der Waals surface area contributed by atoms with Gasteiger partial charge in [-0.3, -0.25) is 0 Å². The number of nitrogens with one attached hydrogen (secondary N) is 1. The minimum atomic E-state index is 0.732. The van der Waals surface area contributed by atoms with Crippen molar-refractivity contribution in [3.05, 3.63) is 0 Å². The van der Waals surface area contributed by atoms with Gasteiger partial charge in [0.2, 0.25) is 0 Å². The van der Waals surface area contributed by atoms with Crippen molar-refractivity contribution in [1.82, 2.24) is 10.2 Å². The minimum Gasteiger partial charge on any atom is -0.311 e. The van der Waals surface area contributed by atoms with Crippen molar-refractivity contribution in [3.63, 3.8) is 0 Å². The summed E-state index contributed by atoms with van der Waals surface area (Å²) < 4.78 is 0. The van der Waals surface area contributed by atoms with Gasteiger partial charge >= 0.3 is 0 Å². The average Bonchev–Trinajstić information content (AvgIpc) is 2.31. The van der Waals surface area contributed by atoms with Gasteiger partial charge in [0.05, 0.1) is 0 Å². The molecule has 15 heavy (non-hydrogen) atoms. The molecule has 1 heterocycles. The molecular formula is C12H24N2S. The number of likely N-dealkylation sites (N-methyl/N-ethyl adjacent to an activating group) is 1. The number of rotatable bonds is 3. The molecule has 0 radical (unpaired) electrons. The van der Waals surface area contributed by atoms with Crippen LogP contribution in [0.1, 0.15) is 32.1 Å². The largest absolute Gasteiger partial charge is 0.311 e. The fourth-order valence-electron chi connectivity index (χ4n) is 2.76. The summed E-state index contributed by atoms with van der Waals surface area (Å²) in [5.74, 6) is 2.60. The van der Waals surface area contributed by atoms with Crippen LogP contribution in [0.25, 0.3) is 0 Å². The molecule has 1 aliphatic carbocycles. The van der Waals surface area contributed by atoms with E-state index in [9.17, 15) is 0 Å². The normalized spacial score (nSPS) is 29.6. The Morgan fingerprint density at radius 1 is 1.27 bits per heavy atom. The molecular weight excluding hydrogens is 204 g/mol. The van der Waals surface area contributed by atoms with E-state index < -0.39 is 0 Å². The Balaban J connectivity index is 1.72. The average molecular weight is 228 g/mol. The van der Waals surface area contributed by atoms with E-state index in [1.165, 1.54) is 56.7 Å². The van der Waals surface area contributed by atoms with Gasteiger partial charge in [0.15, 0.2) is 0 Å². The number of thioether (sulfide) groups is 1. The van der Waals surface area contributed by atoms with E-state index >= 15 is 0 Å². The molecule has 1 saturated carbocycles. The van der Waals surface area contributed by atoms with Crippen molar-refractivity contribution in [2.24, 2.45) is 0 Å². The Morgan fingerprint density at radius 3 is 2.73 bits per heavy atom. The smallest absolute Gasteiger partial charge is 0.0285 e. The maximum absolute atomic E-state index is 3.63. The second kappa shape index (κ2) is 6.12. The molecule has 2 fully saturated rings. The lowest BCUT2D eigenvalue weighted by Gasteiger charge is -2.35. The van der Waals surface area contributed by atoms with Crippen LogP contribution in [-0.4, -0.2) is 48.6 Å². The molecule has 1 saturated heterocycles. The molecule has 1 unspecified atom stereocenters. The van der Waals surface area contributed by atoms with Gasteiger partial charge < -0.3 is 10.2 Å². The van der Waals surface area contributed by atoms with Crippen LogP contribution < -0.4 is 5.32 Å². The Morgan fingerprint density at radius 2 is 2.07 bits per heavy atom. The predicted molar refractivity (Wildman–Crippen MR) is 68.6 cm³/mol. The highest BCUT2D eigenvalue weighted by Crippen LogP contribution is 2.22. The first kappa shape index (κ1) is 11.7. The molecule has 0 spiro atoms. The van der Waals surface area contributed by atoms with Crippen LogP contribution in [0, 0.1) is 0 Å². The summed E-state index contributed by atoms with van der Waals surface area (Å²) in [6.45, 7) is 2.45. The lowest BCUT2D eigenvalue weighted by atomic mass is 9.94.